The molecule has 2 fully saturated rings. The van der Waals surface area contributed by atoms with Crippen LogP contribution in [0.15, 0.2) is 42.5 Å². The van der Waals surface area contributed by atoms with E-state index in [4.69, 9.17) is 4.74 Å². The van der Waals surface area contributed by atoms with E-state index in [-0.39, 0.29) is 35.8 Å². The molecule has 1 heterocycles. The van der Waals surface area contributed by atoms with E-state index in [1.165, 1.54) is 0 Å². The van der Waals surface area contributed by atoms with Gasteiger partial charge in [0.1, 0.15) is 11.5 Å². The lowest BCUT2D eigenvalue weighted by Gasteiger charge is -2.24. The zero-order valence-electron chi connectivity index (χ0n) is 18.6. The van der Waals surface area contributed by atoms with Gasteiger partial charge < -0.3 is 14.9 Å². The fraction of sp³-hybridized carbons (Fsp3) is 0.500. The normalized spacial score (nSPS) is 25.4. The summed E-state index contributed by atoms with van der Waals surface area (Å²) in [7, 11) is 0. The molecule has 1 aliphatic carbocycles. The average molecular weight is 424 g/mol. The van der Waals surface area contributed by atoms with Crippen LogP contribution >= 0.6 is 0 Å². The molecule has 1 saturated carbocycles. The summed E-state index contributed by atoms with van der Waals surface area (Å²) in [5, 5.41) is 22.4. The minimum Gasteiger partial charge on any atom is -0.508 e. The number of benzene rings is 2. The van der Waals surface area contributed by atoms with Crippen molar-refractivity contribution in [3.05, 3.63) is 59.2 Å². The van der Waals surface area contributed by atoms with Crippen LogP contribution in [0.25, 0.3) is 0 Å². The molecule has 0 spiro atoms. The summed E-state index contributed by atoms with van der Waals surface area (Å²) < 4.78 is 6.16. The highest BCUT2D eigenvalue weighted by atomic mass is 16.5. The summed E-state index contributed by atoms with van der Waals surface area (Å²) in [4.78, 5) is 13.0. The fourth-order valence-corrected chi connectivity index (χ4v) is 4.68. The fourth-order valence-electron chi connectivity index (χ4n) is 4.68. The standard InChI is InChI=1S/C26H33NO4/c1-26(2,3)21-13-20(29)10-11-22(21)31-15-17-6-9-19(12-17)25(30)24-23(27-24)18-7-4-16(14-28)5-8-18/h4-5,7-8,10-11,13,17,19,23-24,27-29H,6,9,12,14-15H2,1-3H3. The van der Waals surface area contributed by atoms with E-state index in [0.29, 0.717) is 18.3 Å². The number of hydrogen-bond donors (Lipinski definition) is 3. The SMILES string of the molecule is CC(C)(C)c1cc(O)ccc1OCC1CCC(C(=O)C2NC2c2ccc(CO)cc2)C1. The predicted octanol–water partition coefficient (Wildman–Crippen LogP) is 4.26. The van der Waals surface area contributed by atoms with Crippen LogP contribution in [-0.4, -0.2) is 28.6 Å². The Morgan fingerprint density at radius 1 is 1.13 bits per heavy atom. The molecule has 2 aromatic carbocycles. The zero-order chi connectivity index (χ0) is 22.2. The number of ketones is 1. The van der Waals surface area contributed by atoms with E-state index in [9.17, 15) is 15.0 Å². The van der Waals surface area contributed by atoms with Gasteiger partial charge in [-0.3, -0.25) is 10.1 Å². The summed E-state index contributed by atoms with van der Waals surface area (Å²) in [6, 6.07) is 13.1. The quantitative estimate of drug-likeness (QED) is 0.579. The molecule has 166 valence electrons. The molecule has 2 aliphatic rings. The molecule has 3 N–H and O–H groups in total. The van der Waals surface area contributed by atoms with Gasteiger partial charge in [0.2, 0.25) is 0 Å². The maximum atomic E-state index is 13.0. The average Bonchev–Trinajstić information content (AvgIpc) is 3.41. The van der Waals surface area contributed by atoms with Gasteiger partial charge in [0, 0.05) is 11.5 Å². The van der Waals surface area contributed by atoms with Gasteiger partial charge in [-0.05, 0) is 59.9 Å². The molecule has 0 radical (unpaired) electrons. The third-order valence-electron chi connectivity index (χ3n) is 6.60. The monoisotopic (exact) mass is 423 g/mol. The van der Waals surface area contributed by atoms with Gasteiger partial charge in [-0.15, -0.1) is 0 Å². The molecule has 5 heteroatoms. The lowest BCUT2D eigenvalue weighted by molar-refractivity contribution is -0.122. The van der Waals surface area contributed by atoms with E-state index in [1.54, 1.807) is 12.1 Å². The van der Waals surface area contributed by atoms with Gasteiger partial charge >= 0.3 is 0 Å². The van der Waals surface area contributed by atoms with Crippen molar-refractivity contribution in [1.82, 2.24) is 5.32 Å². The van der Waals surface area contributed by atoms with Gasteiger partial charge in [-0.2, -0.15) is 0 Å². The molecule has 4 unspecified atom stereocenters. The molecule has 4 atom stereocenters. The Hall–Kier alpha value is -2.37. The molecule has 0 aromatic heterocycles. The molecule has 4 rings (SSSR count). The van der Waals surface area contributed by atoms with Crippen molar-refractivity contribution in [1.29, 1.82) is 0 Å². The number of ether oxygens (including phenoxy) is 1. The number of Topliss-reactive ketones (excluding diaryl/α,β-unsaturated/α-hetero) is 1. The molecule has 1 aliphatic heterocycles. The molecular formula is C26H33NO4. The summed E-state index contributed by atoms with van der Waals surface area (Å²) in [6.45, 7) is 6.95. The second kappa shape index (κ2) is 8.64. The van der Waals surface area contributed by atoms with Crippen LogP contribution in [0.4, 0.5) is 0 Å². The van der Waals surface area contributed by atoms with Gasteiger partial charge in [0.25, 0.3) is 0 Å². The van der Waals surface area contributed by atoms with Crippen molar-refractivity contribution in [3.8, 4) is 11.5 Å². The largest absolute Gasteiger partial charge is 0.508 e. The number of aliphatic hydroxyl groups excluding tert-OH is 1. The first kappa shape index (κ1) is 21.8. The Labute approximate surface area is 184 Å². The van der Waals surface area contributed by atoms with Crippen LogP contribution in [-0.2, 0) is 16.8 Å². The van der Waals surface area contributed by atoms with Crippen LogP contribution in [0.5, 0.6) is 11.5 Å². The molecule has 1 saturated heterocycles. The maximum Gasteiger partial charge on any atom is 0.154 e. The highest BCUT2D eigenvalue weighted by Crippen LogP contribution is 2.40. The molecule has 31 heavy (non-hydrogen) atoms. The van der Waals surface area contributed by atoms with Crippen LogP contribution < -0.4 is 10.1 Å². The first-order valence-electron chi connectivity index (χ1n) is 11.2. The lowest BCUT2D eigenvalue weighted by atomic mass is 9.86. The van der Waals surface area contributed by atoms with E-state index in [2.05, 4.69) is 26.1 Å². The first-order chi connectivity index (χ1) is 14.8. The third kappa shape index (κ3) is 4.94. The summed E-state index contributed by atoms with van der Waals surface area (Å²) in [6.07, 6.45) is 2.79. The van der Waals surface area contributed by atoms with Crippen molar-refractivity contribution in [2.75, 3.05) is 6.61 Å². The highest BCUT2D eigenvalue weighted by molar-refractivity contribution is 5.90. The number of phenols is 1. The van der Waals surface area contributed by atoms with E-state index in [1.807, 2.05) is 30.3 Å². The Balaban J connectivity index is 1.31. The number of hydrogen-bond acceptors (Lipinski definition) is 5. The van der Waals surface area contributed by atoms with Crippen molar-refractivity contribution < 1.29 is 19.7 Å². The third-order valence-corrected chi connectivity index (χ3v) is 6.60. The second-order valence-electron chi connectivity index (χ2n) is 10.0. The van der Waals surface area contributed by atoms with Gasteiger partial charge in [0.15, 0.2) is 5.78 Å². The number of aromatic hydroxyl groups is 1. The zero-order valence-corrected chi connectivity index (χ0v) is 18.6. The minimum atomic E-state index is -0.121. The van der Waals surface area contributed by atoms with Crippen LogP contribution in [0.2, 0.25) is 0 Å². The summed E-state index contributed by atoms with van der Waals surface area (Å²) in [5.41, 5.74) is 2.87. The molecule has 0 amide bonds. The number of phenolic OH excluding ortho intramolecular Hbond substituents is 1. The van der Waals surface area contributed by atoms with Crippen molar-refractivity contribution in [2.24, 2.45) is 11.8 Å². The number of carbonyl (C=O) groups is 1. The molecule has 5 nitrogen and oxygen atoms in total. The Morgan fingerprint density at radius 2 is 1.87 bits per heavy atom. The highest BCUT2D eigenvalue weighted by Gasteiger charge is 2.46. The minimum absolute atomic E-state index is 0.0354. The van der Waals surface area contributed by atoms with E-state index < -0.39 is 0 Å². The smallest absolute Gasteiger partial charge is 0.154 e. The maximum absolute atomic E-state index is 13.0. The van der Waals surface area contributed by atoms with Gasteiger partial charge in [-0.1, -0.05) is 45.0 Å². The molecule has 2 aromatic rings. The Kier molecular flexibility index (Phi) is 6.09. The van der Waals surface area contributed by atoms with Crippen LogP contribution in [0, 0.1) is 11.8 Å². The van der Waals surface area contributed by atoms with Crippen LogP contribution in [0.3, 0.4) is 0 Å². The number of carbonyl (C=O) groups excluding carboxylic acids is 1. The van der Waals surface area contributed by atoms with E-state index >= 15 is 0 Å². The van der Waals surface area contributed by atoms with Gasteiger partial charge in [0.05, 0.1) is 25.3 Å². The van der Waals surface area contributed by atoms with Crippen LogP contribution in [0.1, 0.15) is 62.8 Å². The van der Waals surface area contributed by atoms with Gasteiger partial charge in [-0.25, -0.2) is 0 Å². The topological polar surface area (TPSA) is 88.7 Å². The Morgan fingerprint density at radius 3 is 2.55 bits per heavy atom. The first-order valence-corrected chi connectivity index (χ1v) is 11.2. The summed E-state index contributed by atoms with van der Waals surface area (Å²) in [5.74, 6) is 1.85. The van der Waals surface area contributed by atoms with Crippen molar-refractivity contribution in [2.45, 2.75) is 64.1 Å². The molecule has 0 bridgehead atoms. The van der Waals surface area contributed by atoms with Crippen molar-refractivity contribution >= 4 is 5.78 Å². The number of aliphatic hydroxyl groups is 1. The van der Waals surface area contributed by atoms with Crippen molar-refractivity contribution in [3.63, 3.8) is 0 Å². The Bertz CT molecular complexity index is 931. The second-order valence-corrected chi connectivity index (χ2v) is 10.0. The molecular weight excluding hydrogens is 390 g/mol. The number of rotatable bonds is 7. The number of nitrogens with one attached hydrogen (secondary N) is 1. The van der Waals surface area contributed by atoms with E-state index in [0.717, 1.165) is 41.7 Å². The predicted molar refractivity (Wildman–Crippen MR) is 120 cm³/mol. The summed E-state index contributed by atoms with van der Waals surface area (Å²) >= 11 is 0. The lowest BCUT2D eigenvalue weighted by Crippen LogP contribution is -2.20.